The Morgan fingerprint density at radius 1 is 1.28 bits per heavy atom. The molecule has 2 aliphatic heterocycles. The van der Waals surface area contributed by atoms with Gasteiger partial charge in [0.15, 0.2) is 0 Å². The fourth-order valence-corrected chi connectivity index (χ4v) is 3.44. The van der Waals surface area contributed by atoms with E-state index in [-0.39, 0.29) is 0 Å². The molecule has 2 atom stereocenters. The molecule has 1 aromatic carbocycles. The van der Waals surface area contributed by atoms with E-state index >= 15 is 0 Å². The Hall–Kier alpha value is -1.22. The second-order valence-corrected chi connectivity index (χ2v) is 5.80. The van der Waals surface area contributed by atoms with Crippen LogP contribution in [-0.4, -0.2) is 36.6 Å². The van der Waals surface area contributed by atoms with Crippen LogP contribution >= 0.6 is 0 Å². The van der Waals surface area contributed by atoms with Gasteiger partial charge in [-0.3, -0.25) is 4.90 Å². The van der Waals surface area contributed by atoms with Crippen LogP contribution < -0.4 is 10.6 Å². The smallest absolute Gasteiger partial charge is 0.0606 e. The number of rotatable bonds is 1. The molecule has 18 heavy (non-hydrogen) atoms. The van der Waals surface area contributed by atoms with E-state index in [1.807, 2.05) is 0 Å². The molecule has 2 saturated heterocycles. The van der Waals surface area contributed by atoms with Gasteiger partial charge in [-0.1, -0.05) is 12.1 Å². The molecule has 3 nitrogen and oxygen atoms in total. The Balaban J connectivity index is 1.89. The van der Waals surface area contributed by atoms with Crippen LogP contribution in [0.5, 0.6) is 0 Å². The zero-order valence-corrected chi connectivity index (χ0v) is 11.4. The van der Waals surface area contributed by atoms with Crippen LogP contribution in [-0.2, 0) is 0 Å². The van der Waals surface area contributed by atoms with E-state index in [2.05, 4.69) is 41.8 Å². The minimum absolute atomic E-state index is 0.559. The highest BCUT2D eigenvalue weighted by Gasteiger charge is 2.34. The lowest BCUT2D eigenvalue weighted by molar-refractivity contribution is 0.203. The van der Waals surface area contributed by atoms with Crippen molar-refractivity contribution in [3.8, 4) is 0 Å². The Bertz CT molecular complexity index is 443. The van der Waals surface area contributed by atoms with Crippen molar-refractivity contribution in [3.05, 3.63) is 23.8 Å². The first kappa shape index (κ1) is 11.8. The number of aryl methyl sites for hydroxylation is 1. The van der Waals surface area contributed by atoms with Crippen LogP contribution in [0.3, 0.4) is 0 Å². The van der Waals surface area contributed by atoms with Gasteiger partial charge in [0, 0.05) is 25.2 Å². The Labute approximate surface area is 110 Å². The van der Waals surface area contributed by atoms with Crippen LogP contribution in [0.15, 0.2) is 18.2 Å². The summed E-state index contributed by atoms with van der Waals surface area (Å²) in [6.45, 7) is 8.00. The monoisotopic (exact) mass is 245 g/mol. The molecule has 2 aliphatic rings. The summed E-state index contributed by atoms with van der Waals surface area (Å²) in [4.78, 5) is 5.15. The molecule has 0 aliphatic carbocycles. The fourth-order valence-electron chi connectivity index (χ4n) is 3.44. The Kier molecular flexibility index (Phi) is 2.94. The third-order valence-corrected chi connectivity index (χ3v) is 4.55. The van der Waals surface area contributed by atoms with Crippen LogP contribution in [0.25, 0.3) is 0 Å². The van der Waals surface area contributed by atoms with E-state index in [0.29, 0.717) is 6.04 Å². The van der Waals surface area contributed by atoms with Crippen molar-refractivity contribution >= 4 is 11.4 Å². The average Bonchev–Trinajstić information content (AvgIpc) is 2.79. The van der Waals surface area contributed by atoms with Gasteiger partial charge in [-0.15, -0.1) is 0 Å². The summed E-state index contributed by atoms with van der Waals surface area (Å²) in [6.07, 6.45) is 2.70. The standard InChI is InChI=1S/C15H23N3/c1-11-5-3-7-14(15(11)16)18-10-13-6-4-8-17(13)9-12(18)2/h3,5,7,12-13H,4,6,8-10,16H2,1-2H3. The summed E-state index contributed by atoms with van der Waals surface area (Å²) >= 11 is 0. The van der Waals surface area contributed by atoms with E-state index in [0.717, 1.165) is 18.3 Å². The molecule has 0 bridgehead atoms. The van der Waals surface area contributed by atoms with E-state index in [1.165, 1.54) is 37.2 Å². The van der Waals surface area contributed by atoms with Crippen LogP contribution in [0, 0.1) is 6.92 Å². The first-order valence-electron chi connectivity index (χ1n) is 7.02. The first-order chi connectivity index (χ1) is 8.66. The Morgan fingerprint density at radius 2 is 2.11 bits per heavy atom. The maximum absolute atomic E-state index is 6.26. The fraction of sp³-hybridized carbons (Fsp3) is 0.600. The second-order valence-electron chi connectivity index (χ2n) is 5.80. The highest BCUT2D eigenvalue weighted by molar-refractivity contribution is 5.71. The number of nitrogens with two attached hydrogens (primary N) is 1. The lowest BCUT2D eigenvalue weighted by Crippen LogP contribution is -2.55. The summed E-state index contributed by atoms with van der Waals surface area (Å²) < 4.78 is 0. The van der Waals surface area contributed by atoms with Crippen molar-refractivity contribution in [1.29, 1.82) is 0 Å². The van der Waals surface area contributed by atoms with Gasteiger partial charge in [-0.2, -0.15) is 0 Å². The topological polar surface area (TPSA) is 32.5 Å². The van der Waals surface area contributed by atoms with Gasteiger partial charge in [0.25, 0.3) is 0 Å². The number of piperazine rings is 1. The highest BCUT2D eigenvalue weighted by Crippen LogP contribution is 2.33. The van der Waals surface area contributed by atoms with Crippen molar-refractivity contribution in [2.45, 2.75) is 38.8 Å². The molecule has 2 unspecified atom stereocenters. The Morgan fingerprint density at radius 3 is 2.94 bits per heavy atom. The molecule has 0 amide bonds. The molecule has 1 aromatic rings. The first-order valence-corrected chi connectivity index (χ1v) is 7.02. The van der Waals surface area contributed by atoms with E-state index < -0.39 is 0 Å². The number of benzene rings is 1. The molecule has 0 saturated carbocycles. The molecule has 3 heteroatoms. The zero-order chi connectivity index (χ0) is 12.7. The van der Waals surface area contributed by atoms with Crippen molar-refractivity contribution in [1.82, 2.24) is 4.90 Å². The van der Waals surface area contributed by atoms with Crippen molar-refractivity contribution in [3.63, 3.8) is 0 Å². The van der Waals surface area contributed by atoms with Crippen molar-refractivity contribution in [2.75, 3.05) is 30.3 Å². The molecule has 2 fully saturated rings. The SMILES string of the molecule is Cc1cccc(N2CC3CCCN3CC2C)c1N. The molecule has 0 radical (unpaired) electrons. The van der Waals surface area contributed by atoms with Gasteiger partial charge in [-0.25, -0.2) is 0 Å². The maximum Gasteiger partial charge on any atom is 0.0606 e. The van der Waals surface area contributed by atoms with Crippen LogP contribution in [0.2, 0.25) is 0 Å². The van der Waals surface area contributed by atoms with Gasteiger partial charge in [0.1, 0.15) is 0 Å². The van der Waals surface area contributed by atoms with Gasteiger partial charge in [-0.05, 0) is 44.9 Å². The highest BCUT2D eigenvalue weighted by atomic mass is 15.3. The number of para-hydroxylation sites is 1. The van der Waals surface area contributed by atoms with E-state index in [4.69, 9.17) is 5.73 Å². The van der Waals surface area contributed by atoms with Crippen molar-refractivity contribution in [2.24, 2.45) is 0 Å². The van der Waals surface area contributed by atoms with Crippen LogP contribution in [0.4, 0.5) is 11.4 Å². The number of nitrogens with zero attached hydrogens (tertiary/aromatic N) is 2. The maximum atomic E-state index is 6.26. The molecule has 98 valence electrons. The number of hydrogen-bond donors (Lipinski definition) is 1. The predicted molar refractivity (Wildman–Crippen MR) is 77.0 cm³/mol. The summed E-state index contributed by atoms with van der Waals surface area (Å²) in [5.74, 6) is 0. The molecular weight excluding hydrogens is 222 g/mol. The van der Waals surface area contributed by atoms with Gasteiger partial charge in [0.05, 0.1) is 11.4 Å². The number of anilines is 2. The van der Waals surface area contributed by atoms with E-state index in [1.54, 1.807) is 0 Å². The lowest BCUT2D eigenvalue weighted by Gasteiger charge is -2.44. The quantitative estimate of drug-likeness (QED) is 0.770. The van der Waals surface area contributed by atoms with Gasteiger partial charge in [0.2, 0.25) is 0 Å². The van der Waals surface area contributed by atoms with Gasteiger partial charge >= 0.3 is 0 Å². The number of nitrogen functional groups attached to an aromatic ring is 1. The lowest BCUT2D eigenvalue weighted by atomic mass is 10.0. The zero-order valence-electron chi connectivity index (χ0n) is 11.4. The summed E-state index contributed by atoms with van der Waals surface area (Å²) in [7, 11) is 0. The summed E-state index contributed by atoms with van der Waals surface area (Å²) in [5, 5.41) is 0. The number of fused-ring (bicyclic) bond motifs is 1. The minimum atomic E-state index is 0.559. The molecule has 2 N–H and O–H groups in total. The minimum Gasteiger partial charge on any atom is -0.397 e. The normalized spacial score (nSPS) is 28.4. The third kappa shape index (κ3) is 1.87. The van der Waals surface area contributed by atoms with Crippen LogP contribution in [0.1, 0.15) is 25.3 Å². The second kappa shape index (κ2) is 4.47. The van der Waals surface area contributed by atoms with Crippen molar-refractivity contribution < 1.29 is 0 Å². The molecule has 3 rings (SSSR count). The summed E-state index contributed by atoms with van der Waals surface area (Å²) in [5.41, 5.74) is 9.63. The van der Waals surface area contributed by atoms with Gasteiger partial charge < -0.3 is 10.6 Å². The third-order valence-electron chi connectivity index (χ3n) is 4.55. The largest absolute Gasteiger partial charge is 0.397 e. The van der Waals surface area contributed by atoms with E-state index in [9.17, 15) is 0 Å². The molecule has 2 heterocycles. The summed E-state index contributed by atoms with van der Waals surface area (Å²) in [6, 6.07) is 7.68. The molecule has 0 spiro atoms. The molecule has 0 aromatic heterocycles. The number of hydrogen-bond acceptors (Lipinski definition) is 3. The average molecular weight is 245 g/mol. The molecular formula is C15H23N3. The predicted octanol–water partition coefficient (Wildman–Crippen LogP) is 2.25.